The van der Waals surface area contributed by atoms with Crippen LogP contribution in [0.4, 0.5) is 0 Å². The molecule has 1 unspecified atom stereocenters. The number of hydrogen-bond acceptors (Lipinski definition) is 5. The summed E-state index contributed by atoms with van der Waals surface area (Å²) < 4.78 is 18.1. The van der Waals surface area contributed by atoms with Crippen molar-refractivity contribution >= 4 is 0 Å². The highest BCUT2D eigenvalue weighted by molar-refractivity contribution is 5.34. The highest BCUT2D eigenvalue weighted by atomic mass is 16.6. The minimum atomic E-state index is -0.144. The smallest absolute Gasteiger partial charge is 0.125 e. The zero-order valence-corrected chi connectivity index (χ0v) is 15.3. The lowest BCUT2D eigenvalue weighted by Gasteiger charge is -2.44. The van der Waals surface area contributed by atoms with Gasteiger partial charge in [0.25, 0.3) is 0 Å². The monoisotopic (exact) mass is 346 g/mol. The molecule has 0 saturated carbocycles. The van der Waals surface area contributed by atoms with Crippen molar-refractivity contribution in [3.05, 3.63) is 29.8 Å². The largest absolute Gasteiger partial charge is 0.487 e. The third-order valence-corrected chi connectivity index (χ3v) is 6.07. The second-order valence-corrected chi connectivity index (χ2v) is 7.52. The third kappa shape index (κ3) is 3.85. The van der Waals surface area contributed by atoms with Gasteiger partial charge in [-0.3, -0.25) is 4.90 Å². The summed E-state index contributed by atoms with van der Waals surface area (Å²) in [6.45, 7) is 11.2. The fourth-order valence-corrected chi connectivity index (χ4v) is 4.19. The Kier molecular flexibility index (Phi) is 5.27. The van der Waals surface area contributed by atoms with Crippen molar-refractivity contribution in [3.8, 4) is 5.75 Å². The lowest BCUT2D eigenvalue weighted by atomic mass is 9.86. The zero-order valence-electron chi connectivity index (χ0n) is 15.3. The number of morpholine rings is 1. The van der Waals surface area contributed by atoms with Crippen LogP contribution in [0.5, 0.6) is 5.75 Å². The molecule has 5 heteroatoms. The molecule has 1 spiro atoms. The van der Waals surface area contributed by atoms with Crippen LogP contribution in [0.1, 0.15) is 25.3 Å². The number of fused-ring (bicyclic) bond motifs is 1. The minimum absolute atomic E-state index is 0.0949. The van der Waals surface area contributed by atoms with Crippen LogP contribution < -0.4 is 4.74 Å². The summed E-state index contributed by atoms with van der Waals surface area (Å²) in [5.41, 5.74) is 1.02. The fourth-order valence-electron chi connectivity index (χ4n) is 4.19. The van der Waals surface area contributed by atoms with Gasteiger partial charge >= 0.3 is 0 Å². The third-order valence-electron chi connectivity index (χ3n) is 6.07. The highest BCUT2D eigenvalue weighted by Crippen LogP contribution is 2.37. The fraction of sp³-hybridized carbons (Fsp3) is 0.700. The molecule has 3 aliphatic rings. The van der Waals surface area contributed by atoms with Gasteiger partial charge < -0.3 is 19.1 Å². The number of piperidine rings is 1. The van der Waals surface area contributed by atoms with E-state index in [2.05, 4.69) is 34.9 Å². The van der Waals surface area contributed by atoms with Crippen molar-refractivity contribution in [1.82, 2.24) is 9.80 Å². The molecule has 3 aliphatic heterocycles. The van der Waals surface area contributed by atoms with Crippen LogP contribution in [-0.2, 0) is 16.1 Å². The zero-order chi connectivity index (χ0) is 17.1. The Morgan fingerprint density at radius 2 is 1.68 bits per heavy atom. The maximum Gasteiger partial charge on any atom is 0.125 e. The average molecular weight is 346 g/mol. The molecular weight excluding hydrogens is 316 g/mol. The number of hydrogen-bond donors (Lipinski definition) is 0. The molecule has 4 rings (SSSR count). The van der Waals surface area contributed by atoms with Crippen molar-refractivity contribution in [2.75, 3.05) is 52.5 Å². The first-order valence-electron chi connectivity index (χ1n) is 9.66. The van der Waals surface area contributed by atoms with Crippen molar-refractivity contribution in [2.24, 2.45) is 0 Å². The summed E-state index contributed by atoms with van der Waals surface area (Å²) in [5.74, 6) is 0.988. The molecule has 25 heavy (non-hydrogen) atoms. The molecule has 138 valence electrons. The Bertz CT molecular complexity index is 566. The first kappa shape index (κ1) is 17.3. The van der Waals surface area contributed by atoms with Gasteiger partial charge in [0.05, 0.1) is 19.8 Å². The summed E-state index contributed by atoms with van der Waals surface area (Å²) in [6.07, 6.45) is 2.19. The van der Waals surface area contributed by atoms with Gasteiger partial charge in [0.2, 0.25) is 0 Å². The van der Waals surface area contributed by atoms with E-state index in [4.69, 9.17) is 14.2 Å². The number of benzene rings is 1. The van der Waals surface area contributed by atoms with Gasteiger partial charge in [-0.25, -0.2) is 0 Å². The normalized spacial score (nSPS) is 27.5. The van der Waals surface area contributed by atoms with Gasteiger partial charge in [0.1, 0.15) is 17.5 Å². The average Bonchev–Trinajstić information content (AvgIpc) is 2.80. The van der Waals surface area contributed by atoms with Crippen molar-refractivity contribution < 1.29 is 14.2 Å². The van der Waals surface area contributed by atoms with Crippen molar-refractivity contribution in [3.63, 3.8) is 0 Å². The van der Waals surface area contributed by atoms with E-state index in [0.717, 1.165) is 71.1 Å². The van der Waals surface area contributed by atoms with Gasteiger partial charge in [-0.05, 0) is 25.8 Å². The van der Waals surface area contributed by atoms with Crippen LogP contribution in [0.25, 0.3) is 0 Å². The molecule has 0 aliphatic carbocycles. The predicted octanol–water partition coefficient (Wildman–Crippen LogP) is 2.15. The number of ether oxygens (including phenoxy) is 3. The second-order valence-electron chi connectivity index (χ2n) is 7.52. The molecule has 1 aromatic rings. The Labute approximate surface area is 150 Å². The van der Waals surface area contributed by atoms with E-state index in [1.54, 1.807) is 0 Å². The molecule has 1 aromatic carbocycles. The van der Waals surface area contributed by atoms with Crippen molar-refractivity contribution in [2.45, 2.75) is 38.1 Å². The molecule has 0 aromatic heterocycles. The van der Waals surface area contributed by atoms with Crippen LogP contribution in [-0.4, -0.2) is 74.0 Å². The van der Waals surface area contributed by atoms with Crippen molar-refractivity contribution in [1.29, 1.82) is 0 Å². The van der Waals surface area contributed by atoms with E-state index in [-0.39, 0.29) is 11.7 Å². The van der Waals surface area contributed by atoms with Gasteiger partial charge in [-0.2, -0.15) is 0 Å². The van der Waals surface area contributed by atoms with E-state index in [1.807, 2.05) is 6.07 Å². The number of rotatable bonds is 3. The van der Waals surface area contributed by atoms with E-state index in [1.165, 1.54) is 5.56 Å². The van der Waals surface area contributed by atoms with Crippen LogP contribution in [0.15, 0.2) is 24.3 Å². The Hall–Kier alpha value is -1.14. The summed E-state index contributed by atoms with van der Waals surface area (Å²) in [7, 11) is 0. The Morgan fingerprint density at radius 1 is 1.00 bits per heavy atom. The molecule has 0 bridgehead atoms. The van der Waals surface area contributed by atoms with Gasteiger partial charge in [0, 0.05) is 44.8 Å². The number of para-hydroxylation sites is 1. The highest BCUT2D eigenvalue weighted by Gasteiger charge is 2.43. The first-order valence-corrected chi connectivity index (χ1v) is 9.66. The van der Waals surface area contributed by atoms with E-state index < -0.39 is 0 Å². The van der Waals surface area contributed by atoms with E-state index in [0.29, 0.717) is 6.61 Å². The maximum absolute atomic E-state index is 6.43. The van der Waals surface area contributed by atoms with Crippen LogP contribution in [0.3, 0.4) is 0 Å². The molecule has 2 saturated heterocycles. The van der Waals surface area contributed by atoms with Crippen LogP contribution >= 0.6 is 0 Å². The standard InChI is InChI=1S/C20H30N2O3/c1-17-20(24-16-18-4-2-3-5-19(18)25-17)6-8-21(9-7-20)10-11-22-12-14-23-15-13-22/h2-5,17H,6-16H2,1H3. The molecule has 0 N–H and O–H groups in total. The molecule has 2 fully saturated rings. The van der Waals surface area contributed by atoms with E-state index in [9.17, 15) is 0 Å². The summed E-state index contributed by atoms with van der Waals surface area (Å²) in [4.78, 5) is 5.09. The first-order chi connectivity index (χ1) is 12.3. The lowest BCUT2D eigenvalue weighted by molar-refractivity contribution is -0.136. The molecular formula is C20H30N2O3. The lowest BCUT2D eigenvalue weighted by Crippen LogP contribution is -2.54. The van der Waals surface area contributed by atoms with Crippen LogP contribution in [0.2, 0.25) is 0 Å². The quantitative estimate of drug-likeness (QED) is 0.838. The maximum atomic E-state index is 6.43. The number of likely N-dealkylation sites (tertiary alicyclic amines) is 1. The van der Waals surface area contributed by atoms with Gasteiger partial charge in [-0.1, -0.05) is 18.2 Å². The Balaban J connectivity index is 1.31. The molecule has 5 nitrogen and oxygen atoms in total. The molecule has 3 heterocycles. The summed E-state index contributed by atoms with van der Waals surface area (Å²) >= 11 is 0. The van der Waals surface area contributed by atoms with Gasteiger partial charge in [0.15, 0.2) is 0 Å². The van der Waals surface area contributed by atoms with E-state index >= 15 is 0 Å². The summed E-state index contributed by atoms with van der Waals surface area (Å²) in [5, 5.41) is 0. The topological polar surface area (TPSA) is 34.2 Å². The second kappa shape index (κ2) is 7.62. The van der Waals surface area contributed by atoms with Gasteiger partial charge in [-0.15, -0.1) is 0 Å². The number of nitrogens with zero attached hydrogens (tertiary/aromatic N) is 2. The summed E-state index contributed by atoms with van der Waals surface area (Å²) in [6, 6.07) is 8.27. The molecule has 1 atom stereocenters. The minimum Gasteiger partial charge on any atom is -0.487 e. The van der Waals surface area contributed by atoms with Crippen LogP contribution in [0, 0.1) is 0 Å². The molecule has 0 amide bonds. The Morgan fingerprint density at radius 3 is 2.44 bits per heavy atom. The SMILES string of the molecule is CC1Oc2ccccc2COC12CCN(CCN1CCOCC1)CC2. The molecule has 0 radical (unpaired) electrons. The predicted molar refractivity (Wildman–Crippen MR) is 97.0 cm³/mol.